The molecule has 0 bridgehead atoms. The van der Waals surface area contributed by atoms with Crippen molar-refractivity contribution in [3.05, 3.63) is 0 Å². The van der Waals surface area contributed by atoms with Crippen LogP contribution in [0.15, 0.2) is 0 Å². The summed E-state index contributed by atoms with van der Waals surface area (Å²) in [6.07, 6.45) is 14.2. The topological polar surface area (TPSA) is 21.3 Å². The summed E-state index contributed by atoms with van der Waals surface area (Å²) in [6, 6.07) is 0.782. The Bertz CT molecular complexity index is 250. The minimum Gasteiger partial charge on any atom is -0.378 e. The molecule has 1 saturated carbocycles. The van der Waals surface area contributed by atoms with E-state index in [1.807, 2.05) is 0 Å². The average molecular weight is 281 g/mol. The van der Waals surface area contributed by atoms with E-state index >= 15 is 0 Å². The highest BCUT2D eigenvalue weighted by Crippen LogP contribution is 2.35. The molecular formula is C18H35NO. The van der Waals surface area contributed by atoms with Crippen LogP contribution in [-0.4, -0.2) is 25.3 Å². The molecule has 0 radical (unpaired) electrons. The molecule has 2 nitrogen and oxygen atoms in total. The molecule has 2 aliphatic rings. The van der Waals surface area contributed by atoms with Gasteiger partial charge in [-0.1, -0.05) is 26.7 Å². The van der Waals surface area contributed by atoms with E-state index in [0.717, 1.165) is 24.5 Å². The molecule has 0 amide bonds. The molecule has 0 aromatic heterocycles. The van der Waals surface area contributed by atoms with Crippen molar-refractivity contribution in [1.29, 1.82) is 0 Å². The first-order valence-electron chi connectivity index (χ1n) is 9.18. The summed E-state index contributed by atoms with van der Waals surface area (Å²) in [5, 5.41) is 3.82. The van der Waals surface area contributed by atoms with Crippen LogP contribution < -0.4 is 5.32 Å². The van der Waals surface area contributed by atoms with E-state index in [1.54, 1.807) is 0 Å². The first kappa shape index (κ1) is 16.3. The van der Waals surface area contributed by atoms with Gasteiger partial charge in [-0.3, -0.25) is 0 Å². The van der Waals surface area contributed by atoms with Gasteiger partial charge in [0.05, 0.1) is 6.10 Å². The van der Waals surface area contributed by atoms with Gasteiger partial charge in [0.15, 0.2) is 0 Å². The van der Waals surface area contributed by atoms with E-state index in [2.05, 4.69) is 19.2 Å². The van der Waals surface area contributed by atoms with Crippen molar-refractivity contribution in [2.24, 2.45) is 11.8 Å². The van der Waals surface area contributed by atoms with Gasteiger partial charge < -0.3 is 10.1 Å². The zero-order valence-electron chi connectivity index (χ0n) is 13.7. The number of nitrogens with one attached hydrogen (secondary N) is 1. The van der Waals surface area contributed by atoms with Crippen LogP contribution in [0.5, 0.6) is 0 Å². The van der Waals surface area contributed by atoms with Gasteiger partial charge in [-0.15, -0.1) is 0 Å². The predicted octanol–water partition coefficient (Wildman–Crippen LogP) is 4.53. The molecular weight excluding hydrogens is 246 g/mol. The summed E-state index contributed by atoms with van der Waals surface area (Å²) in [6.45, 7) is 6.81. The van der Waals surface area contributed by atoms with Crippen LogP contribution >= 0.6 is 0 Å². The fraction of sp³-hybridized carbons (Fsp3) is 1.00. The maximum absolute atomic E-state index is 5.81. The third-order valence-electron chi connectivity index (χ3n) is 5.33. The van der Waals surface area contributed by atoms with E-state index in [-0.39, 0.29) is 0 Å². The highest BCUT2D eigenvalue weighted by atomic mass is 16.5. The van der Waals surface area contributed by atoms with Crippen LogP contribution in [0.2, 0.25) is 0 Å². The van der Waals surface area contributed by atoms with Gasteiger partial charge in [0.2, 0.25) is 0 Å². The molecule has 1 heterocycles. The van der Waals surface area contributed by atoms with Crippen molar-refractivity contribution in [1.82, 2.24) is 5.32 Å². The lowest BCUT2D eigenvalue weighted by Crippen LogP contribution is -2.41. The van der Waals surface area contributed by atoms with Gasteiger partial charge in [0, 0.05) is 12.6 Å². The number of hydrogen-bond acceptors (Lipinski definition) is 2. The summed E-state index contributed by atoms with van der Waals surface area (Å²) in [5.74, 6) is 1.89. The monoisotopic (exact) mass is 281 g/mol. The average Bonchev–Trinajstić information content (AvgIpc) is 2.97. The van der Waals surface area contributed by atoms with Gasteiger partial charge in [-0.2, -0.15) is 0 Å². The van der Waals surface area contributed by atoms with Crippen molar-refractivity contribution in [2.75, 3.05) is 13.2 Å². The van der Waals surface area contributed by atoms with Crippen LogP contribution in [-0.2, 0) is 4.74 Å². The SMILES string of the molecule is CCCNC1CCC(CCC)CC1CCC1CCCO1. The fourth-order valence-electron chi connectivity index (χ4n) is 4.22. The molecule has 2 rings (SSSR count). The minimum absolute atomic E-state index is 0.577. The van der Waals surface area contributed by atoms with Gasteiger partial charge in [-0.25, -0.2) is 0 Å². The van der Waals surface area contributed by atoms with Crippen molar-refractivity contribution in [3.8, 4) is 0 Å². The quantitative estimate of drug-likeness (QED) is 0.706. The summed E-state index contributed by atoms with van der Waals surface area (Å²) < 4.78 is 5.81. The molecule has 118 valence electrons. The van der Waals surface area contributed by atoms with Gasteiger partial charge in [0.1, 0.15) is 0 Å². The molecule has 0 aromatic carbocycles. The maximum Gasteiger partial charge on any atom is 0.0576 e. The Labute approximate surface area is 126 Å². The Morgan fingerprint density at radius 2 is 1.90 bits per heavy atom. The molecule has 1 aliphatic carbocycles. The van der Waals surface area contributed by atoms with E-state index < -0.39 is 0 Å². The smallest absolute Gasteiger partial charge is 0.0576 e. The van der Waals surface area contributed by atoms with E-state index in [1.165, 1.54) is 70.8 Å². The van der Waals surface area contributed by atoms with Crippen molar-refractivity contribution < 1.29 is 4.74 Å². The van der Waals surface area contributed by atoms with Crippen molar-refractivity contribution in [2.45, 2.75) is 90.2 Å². The van der Waals surface area contributed by atoms with Crippen LogP contribution in [0.25, 0.3) is 0 Å². The Morgan fingerprint density at radius 3 is 2.60 bits per heavy atom. The third-order valence-corrected chi connectivity index (χ3v) is 5.33. The Morgan fingerprint density at radius 1 is 1.00 bits per heavy atom. The standard InChI is InChI=1S/C18H35NO/c1-3-6-15-8-11-18(19-12-4-2)16(14-15)9-10-17-7-5-13-20-17/h15-19H,3-14H2,1-2H3. The van der Waals surface area contributed by atoms with Crippen molar-refractivity contribution >= 4 is 0 Å². The van der Waals surface area contributed by atoms with Crippen molar-refractivity contribution in [3.63, 3.8) is 0 Å². The second-order valence-corrected chi connectivity index (χ2v) is 7.00. The van der Waals surface area contributed by atoms with Gasteiger partial charge in [0.25, 0.3) is 0 Å². The number of hydrogen-bond donors (Lipinski definition) is 1. The second kappa shape index (κ2) is 9.04. The lowest BCUT2D eigenvalue weighted by molar-refractivity contribution is 0.0883. The Kier molecular flexibility index (Phi) is 7.37. The first-order valence-corrected chi connectivity index (χ1v) is 9.18. The highest BCUT2D eigenvalue weighted by Gasteiger charge is 2.30. The van der Waals surface area contributed by atoms with Gasteiger partial charge in [-0.05, 0) is 69.7 Å². The Hall–Kier alpha value is -0.0800. The van der Waals surface area contributed by atoms with Crippen LogP contribution in [0.1, 0.15) is 78.1 Å². The zero-order valence-corrected chi connectivity index (χ0v) is 13.7. The largest absolute Gasteiger partial charge is 0.378 e. The van der Waals surface area contributed by atoms with Crippen LogP contribution in [0, 0.1) is 11.8 Å². The van der Waals surface area contributed by atoms with E-state index in [9.17, 15) is 0 Å². The van der Waals surface area contributed by atoms with E-state index in [0.29, 0.717) is 6.10 Å². The maximum atomic E-state index is 5.81. The lowest BCUT2D eigenvalue weighted by atomic mass is 9.74. The molecule has 0 spiro atoms. The number of ether oxygens (including phenoxy) is 1. The summed E-state index contributed by atoms with van der Waals surface area (Å²) >= 11 is 0. The molecule has 20 heavy (non-hydrogen) atoms. The molecule has 1 aliphatic heterocycles. The van der Waals surface area contributed by atoms with Crippen LogP contribution in [0.3, 0.4) is 0 Å². The lowest BCUT2D eigenvalue weighted by Gasteiger charge is -2.37. The predicted molar refractivity (Wildman–Crippen MR) is 86.0 cm³/mol. The molecule has 2 heteroatoms. The molecule has 4 unspecified atom stereocenters. The molecule has 1 saturated heterocycles. The second-order valence-electron chi connectivity index (χ2n) is 7.00. The number of rotatable bonds is 8. The van der Waals surface area contributed by atoms with Crippen LogP contribution in [0.4, 0.5) is 0 Å². The minimum atomic E-state index is 0.577. The van der Waals surface area contributed by atoms with Gasteiger partial charge >= 0.3 is 0 Å². The fourth-order valence-corrected chi connectivity index (χ4v) is 4.22. The Balaban J connectivity index is 1.79. The first-order chi connectivity index (χ1) is 9.83. The third kappa shape index (κ3) is 5.04. The normalized spacial score (nSPS) is 34.5. The molecule has 4 atom stereocenters. The van der Waals surface area contributed by atoms with E-state index in [4.69, 9.17) is 4.74 Å². The zero-order chi connectivity index (χ0) is 14.2. The summed E-state index contributed by atoms with van der Waals surface area (Å²) in [7, 11) is 0. The molecule has 1 N–H and O–H groups in total. The highest BCUT2D eigenvalue weighted by molar-refractivity contribution is 4.85. The summed E-state index contributed by atoms with van der Waals surface area (Å²) in [5.41, 5.74) is 0. The molecule has 0 aromatic rings. The summed E-state index contributed by atoms with van der Waals surface area (Å²) in [4.78, 5) is 0. The molecule has 2 fully saturated rings.